The lowest BCUT2D eigenvalue weighted by atomic mass is 9.82. The lowest BCUT2D eigenvalue weighted by Gasteiger charge is -2.41. The van der Waals surface area contributed by atoms with Crippen molar-refractivity contribution in [3.63, 3.8) is 0 Å². The molecule has 4 rings (SSSR count). The Balaban J connectivity index is 1.65. The summed E-state index contributed by atoms with van der Waals surface area (Å²) < 4.78 is 31.7. The highest BCUT2D eigenvalue weighted by Crippen LogP contribution is 2.41. The third kappa shape index (κ3) is 17.6. The molecule has 9 amide bonds. The number of nitrogens with two attached hydrogens (primary N) is 1. The van der Waals surface area contributed by atoms with Crippen LogP contribution in [0.4, 0.5) is 8.78 Å². The van der Waals surface area contributed by atoms with Gasteiger partial charge in [-0.3, -0.25) is 48.1 Å². The number of rotatable bonds is 26. The van der Waals surface area contributed by atoms with E-state index >= 15 is 4.39 Å². The minimum atomic E-state index is -1.73. The van der Waals surface area contributed by atoms with Crippen molar-refractivity contribution in [2.75, 3.05) is 32.8 Å². The topological polar surface area (TPSA) is 305 Å². The minimum absolute atomic E-state index is 0.0542. The lowest BCUT2D eigenvalue weighted by Crippen LogP contribution is -2.58. The zero-order valence-electron chi connectivity index (χ0n) is 42.1. The number of carbonyl (C=O) groups excluding carboxylic acids is 9. The predicted octanol–water partition coefficient (Wildman–Crippen LogP) is 1.10. The lowest BCUT2D eigenvalue weighted by molar-refractivity contribution is -0.140. The number of hydrogen-bond acceptors (Lipinski definition) is 11. The summed E-state index contributed by atoms with van der Waals surface area (Å²) in [7, 11) is 0. The Hall–Kier alpha value is -8.08. The number of nitrogens with zero attached hydrogens (tertiary/aromatic N) is 3. The molecular formula is C51H65F2N11O10. The van der Waals surface area contributed by atoms with Gasteiger partial charge >= 0.3 is 0 Å². The van der Waals surface area contributed by atoms with Gasteiger partial charge in [-0.1, -0.05) is 58.0 Å². The van der Waals surface area contributed by atoms with Gasteiger partial charge in [-0.15, -0.1) is 0 Å². The highest BCUT2D eigenvalue weighted by atomic mass is 19.1. The first kappa shape index (κ1) is 58.5. The molecule has 0 saturated carbocycles. The summed E-state index contributed by atoms with van der Waals surface area (Å²) in [5.74, 6) is -8.41. The second-order valence-electron chi connectivity index (χ2n) is 18.4. The second kappa shape index (κ2) is 27.7. The van der Waals surface area contributed by atoms with E-state index in [9.17, 15) is 52.6 Å². The molecule has 2 aromatic carbocycles. The van der Waals surface area contributed by atoms with Crippen molar-refractivity contribution in [2.45, 2.75) is 97.6 Å². The zero-order chi connectivity index (χ0) is 54.7. The van der Waals surface area contributed by atoms with Crippen LogP contribution < -0.4 is 43.0 Å². The van der Waals surface area contributed by atoms with Gasteiger partial charge in [-0.2, -0.15) is 0 Å². The average molecular weight is 1030 g/mol. The first-order valence-electron chi connectivity index (χ1n) is 23.8. The van der Waals surface area contributed by atoms with Crippen molar-refractivity contribution in [1.82, 2.24) is 51.7 Å². The molecule has 10 N–H and O–H groups in total. The quantitative estimate of drug-likeness (QED) is 0.0402. The van der Waals surface area contributed by atoms with Crippen LogP contribution >= 0.6 is 0 Å². The summed E-state index contributed by atoms with van der Waals surface area (Å²) in [4.78, 5) is 123. The Labute approximate surface area is 427 Å². The van der Waals surface area contributed by atoms with Crippen molar-refractivity contribution in [3.8, 4) is 11.1 Å². The number of pyridine rings is 1. The van der Waals surface area contributed by atoms with Crippen molar-refractivity contribution < 1.29 is 57.0 Å². The summed E-state index contributed by atoms with van der Waals surface area (Å²) in [5.41, 5.74) is 6.33. The fraction of sp³-hybridized carbons (Fsp3) is 0.412. The molecule has 4 aromatic rings. The molecule has 0 aliphatic heterocycles. The van der Waals surface area contributed by atoms with E-state index < -0.39 is 108 Å². The van der Waals surface area contributed by atoms with E-state index in [1.165, 1.54) is 43.3 Å². The summed E-state index contributed by atoms with van der Waals surface area (Å²) >= 11 is 0. The molecule has 0 fully saturated rings. The van der Waals surface area contributed by atoms with E-state index in [1.54, 1.807) is 23.8 Å². The van der Waals surface area contributed by atoms with Crippen molar-refractivity contribution in [2.24, 2.45) is 11.1 Å². The van der Waals surface area contributed by atoms with E-state index in [0.717, 1.165) is 23.8 Å². The predicted molar refractivity (Wildman–Crippen MR) is 267 cm³/mol. The summed E-state index contributed by atoms with van der Waals surface area (Å²) in [6, 6.07) is 9.97. The minimum Gasteiger partial charge on any atom is -0.387 e. The first-order chi connectivity index (χ1) is 35.0. The Morgan fingerprint density at radius 3 is 2.03 bits per heavy atom. The Kier molecular flexibility index (Phi) is 21.9. The van der Waals surface area contributed by atoms with E-state index in [-0.39, 0.29) is 68.2 Å². The smallest absolute Gasteiger partial charge is 0.252 e. The monoisotopic (exact) mass is 1030 g/mol. The van der Waals surface area contributed by atoms with Crippen LogP contribution in [0.25, 0.3) is 11.1 Å². The summed E-state index contributed by atoms with van der Waals surface area (Å²) in [6.45, 7) is 7.90. The molecule has 5 atom stereocenters. The van der Waals surface area contributed by atoms with Crippen LogP contribution in [0.15, 0.2) is 85.3 Å². The number of carbonyl (C=O) groups is 9. The molecule has 74 heavy (non-hydrogen) atoms. The van der Waals surface area contributed by atoms with Crippen LogP contribution in [-0.2, 0) is 44.9 Å². The summed E-state index contributed by atoms with van der Waals surface area (Å²) in [6.07, 6.45) is 3.40. The second-order valence-corrected chi connectivity index (χ2v) is 18.4. The van der Waals surface area contributed by atoms with Crippen LogP contribution in [0.3, 0.4) is 0 Å². The van der Waals surface area contributed by atoms with E-state index in [2.05, 4.69) is 42.2 Å². The van der Waals surface area contributed by atoms with Gasteiger partial charge in [-0.05, 0) is 67.6 Å². The number of benzene rings is 2. The maximum atomic E-state index is 15.4. The van der Waals surface area contributed by atoms with Crippen LogP contribution in [0.1, 0.15) is 88.5 Å². The Bertz CT molecular complexity index is 2630. The fourth-order valence-electron chi connectivity index (χ4n) is 7.75. The van der Waals surface area contributed by atoms with Gasteiger partial charge in [0.2, 0.25) is 47.3 Å². The number of aromatic nitrogens is 2. The van der Waals surface area contributed by atoms with Gasteiger partial charge in [0.1, 0.15) is 42.4 Å². The SMILES string of the molecule is CCC(=O)NCC(=O)NCCNC(=O)[C@H](CCN(C(=O)CO)[C@@H](c1cc(-c2cc(F)ccc2F)cn1Cc1ccccc1)C(C)(C)C)NC(=O)[C@H](CC(N)=O)NC(=O)[C@H](C)NC(=O)[C@H](C)NC(=O)c1ccncc1. The third-order valence-corrected chi connectivity index (χ3v) is 11.5. The molecule has 21 nitrogen and oxygen atoms in total. The molecule has 0 radical (unpaired) electrons. The molecule has 0 unspecified atom stereocenters. The zero-order valence-corrected chi connectivity index (χ0v) is 42.1. The van der Waals surface area contributed by atoms with Gasteiger partial charge in [-0.25, -0.2) is 8.78 Å². The average Bonchev–Trinajstić information content (AvgIpc) is 3.76. The summed E-state index contributed by atoms with van der Waals surface area (Å²) in [5, 5.41) is 27.8. The van der Waals surface area contributed by atoms with E-state index in [4.69, 9.17) is 5.73 Å². The molecule has 0 saturated heterocycles. The van der Waals surface area contributed by atoms with Crippen molar-refractivity contribution >= 4 is 53.2 Å². The van der Waals surface area contributed by atoms with Gasteiger partial charge in [0, 0.05) is 73.6 Å². The standard InChI is InChI=1S/C51H65F2N11O10/c1-7-42(67)58-26-43(68)56-20-21-57-49(73)38(61-50(74)39(25-41(54)66)62-47(71)31(3)59-46(70)30(2)60-48(72)33-15-18-55-19-16-33)17-22-64(44(69)29-65)45(51(4,5)6)40-23-34(36-24-35(52)13-14-37(36)53)28-63(40)27-32-11-9-8-10-12-32/h8-16,18-19,23-24,28,30-31,38-39,45,65H,7,17,20-22,25-27,29H2,1-6H3,(H2,54,66)(H,56,68)(H,57,73)(H,58,67)(H,59,70)(H,60,72)(H,61,74)(H,62,71)/t30-,31-,38-,39-,45-/m0/s1. The van der Waals surface area contributed by atoms with Gasteiger partial charge in [0.05, 0.1) is 19.0 Å². The maximum Gasteiger partial charge on any atom is 0.252 e. The molecule has 0 aliphatic rings. The van der Waals surface area contributed by atoms with Crippen molar-refractivity contribution in [1.29, 1.82) is 0 Å². The third-order valence-electron chi connectivity index (χ3n) is 11.5. The van der Waals surface area contributed by atoms with Gasteiger partial charge in [0.15, 0.2) is 0 Å². The number of nitrogens with one attached hydrogen (secondary N) is 7. The number of aliphatic hydroxyl groups is 1. The van der Waals surface area contributed by atoms with Crippen LogP contribution in [0.2, 0.25) is 0 Å². The number of amides is 9. The van der Waals surface area contributed by atoms with Gasteiger partial charge < -0.3 is 57.5 Å². The normalized spacial score (nSPS) is 13.1. The Morgan fingerprint density at radius 2 is 1.39 bits per heavy atom. The van der Waals surface area contributed by atoms with E-state index in [1.807, 2.05) is 51.1 Å². The molecular weight excluding hydrogens is 965 g/mol. The number of halogens is 2. The largest absolute Gasteiger partial charge is 0.387 e. The molecule has 0 bridgehead atoms. The number of aliphatic hydroxyl groups excluding tert-OH is 1. The van der Waals surface area contributed by atoms with Crippen LogP contribution in [0, 0.1) is 17.0 Å². The number of hydrogen-bond donors (Lipinski definition) is 9. The van der Waals surface area contributed by atoms with Crippen LogP contribution in [0.5, 0.6) is 0 Å². The molecule has 0 aliphatic carbocycles. The number of primary amides is 1. The molecule has 398 valence electrons. The van der Waals surface area contributed by atoms with Gasteiger partial charge in [0.25, 0.3) is 5.91 Å². The highest BCUT2D eigenvalue weighted by Gasteiger charge is 2.38. The molecule has 2 aromatic heterocycles. The fourth-order valence-corrected chi connectivity index (χ4v) is 7.75. The maximum absolute atomic E-state index is 15.4. The highest BCUT2D eigenvalue weighted by molar-refractivity contribution is 5.99. The van der Waals surface area contributed by atoms with E-state index in [0.29, 0.717) is 5.69 Å². The molecule has 23 heteroatoms. The Morgan fingerprint density at radius 1 is 0.757 bits per heavy atom. The first-order valence-corrected chi connectivity index (χ1v) is 23.8. The van der Waals surface area contributed by atoms with Crippen LogP contribution in [-0.4, -0.2) is 130 Å². The molecule has 2 heterocycles. The molecule has 0 spiro atoms. The van der Waals surface area contributed by atoms with Crippen molar-refractivity contribution in [3.05, 3.63) is 114 Å².